The van der Waals surface area contributed by atoms with Crippen molar-refractivity contribution in [3.63, 3.8) is 0 Å². The maximum absolute atomic E-state index is 13.5. The highest BCUT2D eigenvalue weighted by Crippen LogP contribution is 2.51. The van der Waals surface area contributed by atoms with Crippen LogP contribution in [0.4, 0.5) is 24.5 Å². The first-order valence-electron chi connectivity index (χ1n) is 11.6. The zero-order valence-electron chi connectivity index (χ0n) is 18.7. The van der Waals surface area contributed by atoms with Crippen molar-refractivity contribution in [1.29, 1.82) is 0 Å². The van der Waals surface area contributed by atoms with Crippen molar-refractivity contribution in [3.05, 3.63) is 70.9 Å². The molecule has 1 N–H and O–H groups in total. The number of benzene rings is 2. The normalized spacial score (nSPS) is 23.3. The van der Waals surface area contributed by atoms with E-state index >= 15 is 0 Å². The van der Waals surface area contributed by atoms with E-state index in [1.165, 1.54) is 6.07 Å². The zero-order chi connectivity index (χ0) is 23.9. The van der Waals surface area contributed by atoms with E-state index in [2.05, 4.69) is 21.9 Å². The molecule has 2 heterocycles. The monoisotopic (exact) mass is 472 g/mol. The molecule has 2 atom stereocenters. The van der Waals surface area contributed by atoms with Crippen LogP contribution in [-0.2, 0) is 4.74 Å². The van der Waals surface area contributed by atoms with Crippen LogP contribution >= 0.6 is 0 Å². The van der Waals surface area contributed by atoms with Crippen molar-refractivity contribution in [3.8, 4) is 0 Å². The largest absolute Gasteiger partial charge is 0.478 e. The molecule has 8 heteroatoms. The van der Waals surface area contributed by atoms with Crippen LogP contribution in [0.15, 0.2) is 59.8 Å². The van der Waals surface area contributed by atoms with E-state index in [1.54, 1.807) is 12.1 Å². The molecule has 0 bridgehead atoms. The molecule has 0 amide bonds. The van der Waals surface area contributed by atoms with Crippen LogP contribution in [0.1, 0.15) is 47.6 Å². The third-order valence-corrected chi connectivity index (χ3v) is 7.16. The number of halogens is 3. The highest BCUT2D eigenvalue weighted by molar-refractivity contribution is 5.89. The first kappa shape index (κ1) is 22.8. The highest BCUT2D eigenvalue weighted by Gasteiger charge is 2.45. The number of ether oxygens (including phenoxy) is 1. The fourth-order valence-corrected chi connectivity index (χ4v) is 5.41. The molecule has 1 saturated heterocycles. The van der Waals surface area contributed by atoms with E-state index in [9.17, 15) is 23.1 Å². The highest BCUT2D eigenvalue weighted by atomic mass is 19.4. The number of aromatic carboxylic acids is 1. The molecule has 2 aromatic carbocycles. The summed E-state index contributed by atoms with van der Waals surface area (Å²) in [5.74, 6) is -2.34. The summed E-state index contributed by atoms with van der Waals surface area (Å²) in [6, 6.07) is 14.7. The lowest BCUT2D eigenvalue weighted by Crippen LogP contribution is -2.36. The Morgan fingerprint density at radius 1 is 1.00 bits per heavy atom. The average molecular weight is 473 g/mol. The van der Waals surface area contributed by atoms with Crippen molar-refractivity contribution in [2.24, 2.45) is 5.92 Å². The van der Waals surface area contributed by atoms with E-state index in [0.717, 1.165) is 35.6 Å². The summed E-state index contributed by atoms with van der Waals surface area (Å²) in [5.41, 5.74) is 4.71. The van der Waals surface area contributed by atoms with Gasteiger partial charge in [0.1, 0.15) is 0 Å². The maximum Gasteiger partial charge on any atom is 0.392 e. The molecule has 5 rings (SSSR count). The predicted octanol–water partition coefficient (Wildman–Crippen LogP) is 5.79. The Balaban J connectivity index is 1.48. The van der Waals surface area contributed by atoms with Gasteiger partial charge in [-0.2, -0.15) is 13.2 Å². The number of morpholine rings is 1. The van der Waals surface area contributed by atoms with Gasteiger partial charge in [-0.3, -0.25) is 0 Å². The standard InChI is InChI=1S/C26H27F3N2O3/c27-26(28,29)20-6-9-23-19(14-20)16-24(31(23)22-3-1-2-18(15-22)25(32)33)17-4-7-21(8-5-17)30-10-12-34-13-11-30/h1-5,7-8,15,20,24H,6,9-14,16H2,(H,32,33). The summed E-state index contributed by atoms with van der Waals surface area (Å²) in [6.45, 7) is 3.03. The minimum Gasteiger partial charge on any atom is -0.478 e. The third kappa shape index (κ3) is 4.39. The van der Waals surface area contributed by atoms with Gasteiger partial charge in [-0.15, -0.1) is 0 Å². The quantitative estimate of drug-likeness (QED) is 0.611. The smallest absolute Gasteiger partial charge is 0.392 e. The fourth-order valence-electron chi connectivity index (χ4n) is 5.41. The SMILES string of the molecule is O=C(O)c1cccc(N2C3=C(CC2c2ccc(N4CCOCC4)cc2)CC(C(F)(F)F)CC3)c1. The van der Waals surface area contributed by atoms with Gasteiger partial charge in [0.15, 0.2) is 0 Å². The molecule has 1 fully saturated rings. The Kier molecular flexibility index (Phi) is 6.02. The molecule has 0 saturated carbocycles. The van der Waals surface area contributed by atoms with E-state index in [0.29, 0.717) is 31.7 Å². The number of anilines is 2. The first-order valence-corrected chi connectivity index (χ1v) is 11.6. The van der Waals surface area contributed by atoms with E-state index in [-0.39, 0.29) is 24.4 Å². The molecular formula is C26H27F3N2O3. The number of nitrogens with zero attached hydrogens (tertiary/aromatic N) is 2. The van der Waals surface area contributed by atoms with Gasteiger partial charge in [0.2, 0.25) is 0 Å². The second-order valence-corrected chi connectivity index (χ2v) is 9.17. The van der Waals surface area contributed by atoms with E-state index in [4.69, 9.17) is 4.74 Å². The Bertz CT molecular complexity index is 1090. The van der Waals surface area contributed by atoms with Gasteiger partial charge in [-0.05, 0) is 67.2 Å². The van der Waals surface area contributed by atoms with Crippen LogP contribution in [-0.4, -0.2) is 43.6 Å². The second-order valence-electron chi connectivity index (χ2n) is 9.17. The van der Waals surface area contributed by atoms with Crippen LogP contribution in [0.25, 0.3) is 0 Å². The molecule has 2 aromatic rings. The number of rotatable bonds is 4. The van der Waals surface area contributed by atoms with E-state index < -0.39 is 18.1 Å². The lowest BCUT2D eigenvalue weighted by atomic mass is 9.85. The molecule has 180 valence electrons. The second kappa shape index (κ2) is 8.98. The van der Waals surface area contributed by atoms with Gasteiger partial charge >= 0.3 is 12.1 Å². The lowest BCUT2D eigenvalue weighted by molar-refractivity contribution is -0.176. The lowest BCUT2D eigenvalue weighted by Gasteiger charge is -2.33. The molecule has 3 aliphatic rings. The van der Waals surface area contributed by atoms with Gasteiger partial charge < -0.3 is 19.6 Å². The van der Waals surface area contributed by atoms with Gasteiger partial charge in [-0.25, -0.2) is 4.79 Å². The number of alkyl halides is 3. The Morgan fingerprint density at radius 2 is 1.74 bits per heavy atom. The number of carboxylic acid groups (broad SMARTS) is 1. The summed E-state index contributed by atoms with van der Waals surface area (Å²) >= 11 is 0. The van der Waals surface area contributed by atoms with Crippen molar-refractivity contribution in [2.75, 3.05) is 36.1 Å². The van der Waals surface area contributed by atoms with Crippen LogP contribution in [0.5, 0.6) is 0 Å². The Morgan fingerprint density at radius 3 is 2.41 bits per heavy atom. The minimum atomic E-state index is -4.20. The summed E-state index contributed by atoms with van der Waals surface area (Å²) in [5, 5.41) is 9.48. The molecule has 2 unspecified atom stereocenters. The average Bonchev–Trinajstić information content (AvgIpc) is 3.23. The number of allylic oxidation sites excluding steroid dienone is 1. The van der Waals surface area contributed by atoms with Gasteiger partial charge in [-0.1, -0.05) is 18.2 Å². The first-order chi connectivity index (χ1) is 16.3. The van der Waals surface area contributed by atoms with Crippen LogP contribution < -0.4 is 9.80 Å². The van der Waals surface area contributed by atoms with Gasteiger partial charge in [0.05, 0.1) is 30.7 Å². The van der Waals surface area contributed by atoms with Crippen LogP contribution in [0.2, 0.25) is 0 Å². The molecule has 0 aromatic heterocycles. The van der Waals surface area contributed by atoms with Crippen molar-refractivity contribution < 1.29 is 27.8 Å². The topological polar surface area (TPSA) is 53.0 Å². The molecule has 1 aliphatic carbocycles. The third-order valence-electron chi connectivity index (χ3n) is 7.16. The van der Waals surface area contributed by atoms with Crippen molar-refractivity contribution in [1.82, 2.24) is 0 Å². The summed E-state index contributed by atoms with van der Waals surface area (Å²) < 4.78 is 45.9. The summed E-state index contributed by atoms with van der Waals surface area (Å²) in [7, 11) is 0. The number of hydrogen-bond donors (Lipinski definition) is 1. The van der Waals surface area contributed by atoms with Crippen molar-refractivity contribution in [2.45, 2.75) is 37.9 Å². The minimum absolute atomic E-state index is 0.0102. The van der Waals surface area contributed by atoms with Crippen LogP contribution in [0, 0.1) is 5.92 Å². The van der Waals surface area contributed by atoms with Crippen molar-refractivity contribution >= 4 is 17.3 Å². The molecule has 0 spiro atoms. The van der Waals surface area contributed by atoms with E-state index in [1.807, 2.05) is 18.2 Å². The number of carbonyl (C=O) groups is 1. The number of hydrogen-bond acceptors (Lipinski definition) is 4. The number of carboxylic acids is 1. The summed E-state index contributed by atoms with van der Waals surface area (Å²) in [4.78, 5) is 15.9. The fraction of sp³-hybridized carbons (Fsp3) is 0.423. The molecular weight excluding hydrogens is 445 g/mol. The van der Waals surface area contributed by atoms with Gasteiger partial charge in [0.25, 0.3) is 0 Å². The Hall–Kier alpha value is -3.00. The maximum atomic E-state index is 13.5. The van der Waals surface area contributed by atoms with Crippen LogP contribution in [0.3, 0.4) is 0 Å². The molecule has 2 aliphatic heterocycles. The molecule has 5 nitrogen and oxygen atoms in total. The predicted molar refractivity (Wildman–Crippen MR) is 123 cm³/mol. The molecule has 34 heavy (non-hydrogen) atoms. The Labute approximate surface area is 196 Å². The summed E-state index contributed by atoms with van der Waals surface area (Å²) in [6.07, 6.45) is -3.30. The zero-order valence-corrected chi connectivity index (χ0v) is 18.7. The van der Waals surface area contributed by atoms with Gasteiger partial charge in [0, 0.05) is 30.2 Å². The molecule has 0 radical (unpaired) electrons.